The Morgan fingerprint density at radius 3 is 2.55 bits per heavy atom. The van der Waals surface area contributed by atoms with E-state index in [1.165, 1.54) is 38.9 Å². The normalized spacial score (nSPS) is 17.6. The van der Waals surface area contributed by atoms with E-state index < -0.39 is 0 Å². The first-order valence-corrected chi connectivity index (χ1v) is 7.56. The molecule has 0 radical (unpaired) electrons. The van der Waals surface area contributed by atoms with E-state index in [1.807, 2.05) is 0 Å². The average molecular weight is 398 g/mol. The number of rotatable bonds is 7. The fourth-order valence-corrected chi connectivity index (χ4v) is 2.38. The molecular weight excluding hydrogens is 367 g/mol. The summed E-state index contributed by atoms with van der Waals surface area (Å²) in [5, 5.41) is 6.83. The third-order valence-electron chi connectivity index (χ3n) is 3.38. The lowest BCUT2D eigenvalue weighted by molar-refractivity contribution is 0.204. The topological polar surface area (TPSA) is 48.9 Å². The zero-order valence-electron chi connectivity index (χ0n) is 13.2. The maximum atomic E-state index is 5.03. The van der Waals surface area contributed by atoms with Crippen molar-refractivity contribution in [2.24, 2.45) is 4.99 Å². The summed E-state index contributed by atoms with van der Waals surface area (Å²) in [6.07, 6.45) is 3.66. The van der Waals surface area contributed by atoms with Crippen molar-refractivity contribution >= 4 is 29.9 Å². The molecule has 1 saturated heterocycles. The van der Waals surface area contributed by atoms with Crippen molar-refractivity contribution in [2.75, 3.05) is 46.4 Å². The van der Waals surface area contributed by atoms with Gasteiger partial charge in [0, 0.05) is 32.8 Å². The molecule has 1 fully saturated rings. The minimum atomic E-state index is 0. The molecule has 0 amide bonds. The fourth-order valence-electron chi connectivity index (χ4n) is 2.38. The molecule has 5 nitrogen and oxygen atoms in total. The van der Waals surface area contributed by atoms with Crippen LogP contribution in [0.25, 0.3) is 0 Å². The molecule has 1 heterocycles. The molecule has 0 unspecified atom stereocenters. The van der Waals surface area contributed by atoms with Crippen LogP contribution in [0.2, 0.25) is 0 Å². The van der Waals surface area contributed by atoms with Gasteiger partial charge in [-0.05, 0) is 32.7 Å². The van der Waals surface area contributed by atoms with E-state index in [0.717, 1.165) is 12.5 Å². The summed E-state index contributed by atoms with van der Waals surface area (Å²) in [4.78, 5) is 7.06. The van der Waals surface area contributed by atoms with Gasteiger partial charge in [-0.1, -0.05) is 6.92 Å². The number of piperidine rings is 1. The lowest BCUT2D eigenvalue weighted by Crippen LogP contribution is -2.48. The zero-order chi connectivity index (χ0) is 13.9. The van der Waals surface area contributed by atoms with E-state index in [0.29, 0.717) is 19.2 Å². The second-order valence-electron chi connectivity index (χ2n) is 5.01. The van der Waals surface area contributed by atoms with Gasteiger partial charge in [0.1, 0.15) is 0 Å². The number of nitrogens with one attached hydrogen (secondary N) is 2. The quantitative estimate of drug-likeness (QED) is 0.297. The predicted molar refractivity (Wildman–Crippen MR) is 96.2 cm³/mol. The van der Waals surface area contributed by atoms with Gasteiger partial charge in [0.2, 0.25) is 0 Å². The van der Waals surface area contributed by atoms with Gasteiger partial charge in [-0.3, -0.25) is 4.99 Å². The molecule has 0 aromatic carbocycles. The molecule has 0 atom stereocenters. The Bertz CT molecular complexity index is 256. The number of guanidine groups is 1. The van der Waals surface area contributed by atoms with Gasteiger partial charge in [-0.15, -0.1) is 24.0 Å². The third kappa shape index (κ3) is 8.26. The Kier molecular flexibility index (Phi) is 12.6. The number of hydrogen-bond donors (Lipinski definition) is 2. The van der Waals surface area contributed by atoms with Crippen LogP contribution >= 0.6 is 24.0 Å². The van der Waals surface area contributed by atoms with Gasteiger partial charge >= 0.3 is 0 Å². The molecular formula is C14H31IN4O. The van der Waals surface area contributed by atoms with Crippen molar-refractivity contribution in [1.82, 2.24) is 15.5 Å². The van der Waals surface area contributed by atoms with Crippen LogP contribution in [0.1, 0.15) is 33.1 Å². The van der Waals surface area contributed by atoms with Crippen LogP contribution in [0.15, 0.2) is 4.99 Å². The summed E-state index contributed by atoms with van der Waals surface area (Å²) in [5.74, 6) is 0.925. The smallest absolute Gasteiger partial charge is 0.191 e. The molecule has 6 heteroatoms. The predicted octanol–water partition coefficient (Wildman–Crippen LogP) is 1.68. The molecule has 1 aliphatic heterocycles. The second-order valence-corrected chi connectivity index (χ2v) is 5.01. The maximum Gasteiger partial charge on any atom is 0.191 e. The molecule has 0 saturated carbocycles. The zero-order valence-corrected chi connectivity index (χ0v) is 15.5. The van der Waals surface area contributed by atoms with E-state index in [-0.39, 0.29) is 24.0 Å². The van der Waals surface area contributed by atoms with Crippen LogP contribution in [0.4, 0.5) is 0 Å². The van der Waals surface area contributed by atoms with Crippen LogP contribution in [0, 0.1) is 0 Å². The Morgan fingerprint density at radius 1 is 1.30 bits per heavy atom. The number of likely N-dealkylation sites (tertiary alicyclic amines) is 1. The number of hydrogen-bond acceptors (Lipinski definition) is 3. The number of methoxy groups -OCH3 is 1. The number of nitrogens with zero attached hydrogens (tertiary/aromatic N) is 2. The minimum Gasteiger partial charge on any atom is -0.383 e. The molecule has 0 aromatic rings. The maximum absolute atomic E-state index is 5.03. The summed E-state index contributed by atoms with van der Waals surface area (Å²) >= 11 is 0. The Hall–Kier alpha value is -0.0800. The van der Waals surface area contributed by atoms with E-state index >= 15 is 0 Å². The van der Waals surface area contributed by atoms with Crippen LogP contribution in [0.5, 0.6) is 0 Å². The summed E-state index contributed by atoms with van der Waals surface area (Å²) < 4.78 is 5.03. The van der Waals surface area contributed by atoms with Crippen molar-refractivity contribution in [1.29, 1.82) is 0 Å². The summed E-state index contributed by atoms with van der Waals surface area (Å²) in [6.45, 7) is 10.2. The molecule has 0 spiro atoms. The van der Waals surface area contributed by atoms with Crippen LogP contribution < -0.4 is 10.6 Å². The summed E-state index contributed by atoms with van der Waals surface area (Å²) in [6, 6.07) is 0.549. The van der Waals surface area contributed by atoms with E-state index in [1.54, 1.807) is 7.11 Å². The Morgan fingerprint density at radius 2 is 2.00 bits per heavy atom. The summed E-state index contributed by atoms with van der Waals surface area (Å²) in [7, 11) is 1.71. The Labute approximate surface area is 140 Å². The molecule has 1 aliphatic rings. The van der Waals surface area contributed by atoms with Gasteiger partial charge in [0.05, 0.1) is 13.2 Å². The fraction of sp³-hybridized carbons (Fsp3) is 0.929. The van der Waals surface area contributed by atoms with E-state index in [9.17, 15) is 0 Å². The van der Waals surface area contributed by atoms with Gasteiger partial charge < -0.3 is 20.3 Å². The van der Waals surface area contributed by atoms with Gasteiger partial charge in [-0.2, -0.15) is 0 Å². The lowest BCUT2D eigenvalue weighted by Gasteiger charge is -2.32. The highest BCUT2D eigenvalue weighted by Crippen LogP contribution is 2.10. The highest BCUT2D eigenvalue weighted by atomic mass is 127. The monoisotopic (exact) mass is 398 g/mol. The van der Waals surface area contributed by atoms with Gasteiger partial charge in [0.15, 0.2) is 5.96 Å². The van der Waals surface area contributed by atoms with Crippen molar-refractivity contribution in [3.8, 4) is 0 Å². The highest BCUT2D eigenvalue weighted by Gasteiger charge is 2.19. The SMILES string of the molecule is CCCN1CCC(NC(=NCCOC)NCC)CC1.I. The molecule has 20 heavy (non-hydrogen) atoms. The van der Waals surface area contributed by atoms with Gasteiger partial charge in [-0.25, -0.2) is 0 Å². The van der Waals surface area contributed by atoms with Gasteiger partial charge in [0.25, 0.3) is 0 Å². The second kappa shape index (κ2) is 12.6. The van der Waals surface area contributed by atoms with Crippen LogP contribution in [0.3, 0.4) is 0 Å². The molecule has 0 bridgehead atoms. The Balaban J connectivity index is 0.00000361. The largest absolute Gasteiger partial charge is 0.383 e. The molecule has 2 N–H and O–H groups in total. The standard InChI is InChI=1S/C14H30N4O.HI/c1-4-9-18-10-6-13(7-11-18)17-14(15-5-2)16-8-12-19-3;/h13H,4-12H2,1-3H3,(H2,15,16,17);1H. The van der Waals surface area contributed by atoms with Crippen LogP contribution in [-0.2, 0) is 4.74 Å². The highest BCUT2D eigenvalue weighted by molar-refractivity contribution is 14.0. The molecule has 0 aliphatic carbocycles. The average Bonchev–Trinajstić information content (AvgIpc) is 2.42. The minimum absolute atomic E-state index is 0. The van der Waals surface area contributed by atoms with E-state index in [4.69, 9.17) is 4.74 Å². The first-order valence-electron chi connectivity index (χ1n) is 7.56. The third-order valence-corrected chi connectivity index (χ3v) is 3.38. The van der Waals surface area contributed by atoms with E-state index in [2.05, 4.69) is 34.4 Å². The molecule has 120 valence electrons. The first-order chi connectivity index (χ1) is 9.30. The van der Waals surface area contributed by atoms with Crippen LogP contribution in [-0.4, -0.2) is 63.3 Å². The number of halogens is 1. The summed E-state index contributed by atoms with van der Waals surface area (Å²) in [5.41, 5.74) is 0. The number of ether oxygens (including phenoxy) is 1. The lowest BCUT2D eigenvalue weighted by atomic mass is 10.1. The van der Waals surface area contributed by atoms with Crippen molar-refractivity contribution in [3.63, 3.8) is 0 Å². The van der Waals surface area contributed by atoms with Crippen molar-refractivity contribution in [3.05, 3.63) is 0 Å². The first kappa shape index (κ1) is 19.9. The van der Waals surface area contributed by atoms with Crippen molar-refractivity contribution in [2.45, 2.75) is 39.2 Å². The molecule has 0 aromatic heterocycles. The number of aliphatic imine (C=N–C) groups is 1. The molecule has 1 rings (SSSR count). The van der Waals surface area contributed by atoms with Crippen molar-refractivity contribution < 1.29 is 4.74 Å².